The van der Waals surface area contributed by atoms with Gasteiger partial charge in [0.1, 0.15) is 0 Å². The molecule has 1 atom stereocenters. The minimum atomic E-state index is 0. The summed E-state index contributed by atoms with van der Waals surface area (Å²) in [4.78, 5) is 2.50. The standard InChI is InChI=1S/C16H22N4.ClH/c1-17-11-14-7-9-19(12-14)13-15-8-10-20(18-15)16-5-3-2-4-6-16;/h2-6,8,10,14,17H,7,9,11-13H2,1H3;1H. The van der Waals surface area contributed by atoms with E-state index in [4.69, 9.17) is 0 Å². The molecule has 1 aromatic carbocycles. The summed E-state index contributed by atoms with van der Waals surface area (Å²) in [5, 5.41) is 7.95. The third kappa shape index (κ3) is 4.06. The number of likely N-dealkylation sites (tertiary alicyclic amines) is 1. The zero-order chi connectivity index (χ0) is 13.8. The van der Waals surface area contributed by atoms with Crippen LogP contribution in [-0.4, -0.2) is 41.4 Å². The minimum Gasteiger partial charge on any atom is -0.319 e. The van der Waals surface area contributed by atoms with Crippen molar-refractivity contribution in [3.8, 4) is 5.69 Å². The molecular formula is C16H23ClN4. The van der Waals surface area contributed by atoms with E-state index in [0.717, 1.165) is 30.4 Å². The van der Waals surface area contributed by atoms with Gasteiger partial charge in [-0.3, -0.25) is 4.90 Å². The molecule has 0 amide bonds. The summed E-state index contributed by atoms with van der Waals surface area (Å²) in [6.07, 6.45) is 3.34. The second kappa shape index (κ2) is 7.59. The van der Waals surface area contributed by atoms with Gasteiger partial charge in [0.05, 0.1) is 11.4 Å². The van der Waals surface area contributed by atoms with Crippen molar-refractivity contribution in [2.45, 2.75) is 13.0 Å². The van der Waals surface area contributed by atoms with Crippen LogP contribution >= 0.6 is 12.4 Å². The highest BCUT2D eigenvalue weighted by Crippen LogP contribution is 2.17. The average molecular weight is 307 g/mol. The van der Waals surface area contributed by atoms with E-state index in [0.29, 0.717) is 0 Å². The number of hydrogen-bond donors (Lipinski definition) is 1. The van der Waals surface area contributed by atoms with Crippen molar-refractivity contribution in [1.29, 1.82) is 0 Å². The van der Waals surface area contributed by atoms with Gasteiger partial charge in [0, 0.05) is 19.3 Å². The summed E-state index contributed by atoms with van der Waals surface area (Å²) in [7, 11) is 2.03. The number of rotatable bonds is 5. The van der Waals surface area contributed by atoms with E-state index in [9.17, 15) is 0 Å². The topological polar surface area (TPSA) is 33.1 Å². The van der Waals surface area contributed by atoms with Gasteiger partial charge in [0.25, 0.3) is 0 Å². The third-order valence-electron chi connectivity index (χ3n) is 3.91. The number of nitrogens with zero attached hydrogens (tertiary/aromatic N) is 3. The molecule has 1 N–H and O–H groups in total. The van der Waals surface area contributed by atoms with Crippen molar-refractivity contribution in [3.05, 3.63) is 48.3 Å². The third-order valence-corrected chi connectivity index (χ3v) is 3.91. The Morgan fingerprint density at radius 1 is 1.24 bits per heavy atom. The molecule has 1 fully saturated rings. The number of para-hydroxylation sites is 1. The molecule has 3 rings (SSSR count). The molecule has 0 radical (unpaired) electrons. The van der Waals surface area contributed by atoms with Gasteiger partial charge in [-0.25, -0.2) is 4.68 Å². The number of aromatic nitrogens is 2. The quantitative estimate of drug-likeness (QED) is 0.920. The SMILES string of the molecule is CNCC1CCN(Cc2ccn(-c3ccccc3)n2)C1.Cl. The molecule has 4 nitrogen and oxygen atoms in total. The van der Waals surface area contributed by atoms with Gasteiger partial charge in [0.2, 0.25) is 0 Å². The van der Waals surface area contributed by atoms with E-state index in [2.05, 4.69) is 33.5 Å². The Kier molecular flexibility index (Phi) is 5.79. The largest absolute Gasteiger partial charge is 0.319 e. The van der Waals surface area contributed by atoms with Crippen LogP contribution in [0.15, 0.2) is 42.6 Å². The van der Waals surface area contributed by atoms with E-state index in [1.165, 1.54) is 19.5 Å². The van der Waals surface area contributed by atoms with Gasteiger partial charge in [-0.1, -0.05) is 18.2 Å². The Balaban J connectivity index is 0.00000161. The Hall–Kier alpha value is -1.36. The van der Waals surface area contributed by atoms with Crippen LogP contribution in [0.3, 0.4) is 0 Å². The van der Waals surface area contributed by atoms with E-state index < -0.39 is 0 Å². The van der Waals surface area contributed by atoms with Crippen molar-refractivity contribution in [1.82, 2.24) is 20.0 Å². The van der Waals surface area contributed by atoms with Crippen molar-refractivity contribution < 1.29 is 0 Å². The monoisotopic (exact) mass is 306 g/mol. The fraction of sp³-hybridized carbons (Fsp3) is 0.438. The number of nitrogens with one attached hydrogen (secondary N) is 1. The Labute approximate surface area is 132 Å². The Morgan fingerprint density at radius 3 is 2.81 bits per heavy atom. The molecule has 114 valence electrons. The Morgan fingerprint density at radius 2 is 2.05 bits per heavy atom. The highest BCUT2D eigenvalue weighted by molar-refractivity contribution is 5.85. The van der Waals surface area contributed by atoms with Gasteiger partial charge >= 0.3 is 0 Å². The lowest BCUT2D eigenvalue weighted by atomic mass is 10.1. The summed E-state index contributed by atoms with van der Waals surface area (Å²) in [5.41, 5.74) is 2.27. The first-order chi connectivity index (χ1) is 9.85. The highest BCUT2D eigenvalue weighted by Gasteiger charge is 2.22. The number of benzene rings is 1. The van der Waals surface area contributed by atoms with Gasteiger partial charge in [0.15, 0.2) is 0 Å². The van der Waals surface area contributed by atoms with Crippen molar-refractivity contribution in [2.24, 2.45) is 5.92 Å². The van der Waals surface area contributed by atoms with Crippen LogP contribution in [0, 0.1) is 5.92 Å². The van der Waals surface area contributed by atoms with E-state index in [-0.39, 0.29) is 12.4 Å². The maximum Gasteiger partial charge on any atom is 0.0769 e. The first-order valence-corrected chi connectivity index (χ1v) is 7.32. The molecule has 1 unspecified atom stereocenters. The molecule has 1 saturated heterocycles. The first kappa shape index (κ1) is 16.0. The molecular weight excluding hydrogens is 284 g/mol. The average Bonchev–Trinajstić information content (AvgIpc) is 3.11. The fourth-order valence-corrected chi connectivity index (χ4v) is 2.91. The van der Waals surface area contributed by atoms with Gasteiger partial charge in [-0.2, -0.15) is 5.10 Å². The Bertz CT molecular complexity index is 540. The van der Waals surface area contributed by atoms with Gasteiger partial charge < -0.3 is 5.32 Å². The second-order valence-electron chi connectivity index (χ2n) is 5.53. The normalized spacial score (nSPS) is 18.6. The van der Waals surface area contributed by atoms with Crippen LogP contribution in [-0.2, 0) is 6.54 Å². The van der Waals surface area contributed by atoms with Crippen LogP contribution in [0.1, 0.15) is 12.1 Å². The number of halogens is 1. The fourth-order valence-electron chi connectivity index (χ4n) is 2.91. The predicted molar refractivity (Wildman–Crippen MR) is 88.1 cm³/mol. The van der Waals surface area contributed by atoms with Crippen molar-refractivity contribution in [2.75, 3.05) is 26.7 Å². The molecule has 0 spiro atoms. The minimum absolute atomic E-state index is 0. The zero-order valence-electron chi connectivity index (χ0n) is 12.4. The lowest BCUT2D eigenvalue weighted by molar-refractivity contribution is 0.311. The predicted octanol–water partition coefficient (Wildman–Crippen LogP) is 2.34. The maximum absolute atomic E-state index is 4.67. The summed E-state index contributed by atoms with van der Waals surface area (Å²) < 4.78 is 1.95. The van der Waals surface area contributed by atoms with E-state index >= 15 is 0 Å². The molecule has 0 bridgehead atoms. The van der Waals surface area contributed by atoms with Crippen LogP contribution in [0.25, 0.3) is 5.69 Å². The summed E-state index contributed by atoms with van der Waals surface area (Å²) in [6.45, 7) is 4.44. The van der Waals surface area contributed by atoms with Crippen LogP contribution in [0.4, 0.5) is 0 Å². The molecule has 2 aromatic rings. The molecule has 1 aliphatic rings. The van der Waals surface area contributed by atoms with Crippen molar-refractivity contribution >= 4 is 12.4 Å². The van der Waals surface area contributed by atoms with E-state index in [1.807, 2.05) is 36.1 Å². The maximum atomic E-state index is 4.67. The smallest absolute Gasteiger partial charge is 0.0769 e. The second-order valence-corrected chi connectivity index (χ2v) is 5.53. The molecule has 1 aromatic heterocycles. The molecule has 0 saturated carbocycles. The molecule has 21 heavy (non-hydrogen) atoms. The first-order valence-electron chi connectivity index (χ1n) is 7.32. The number of hydrogen-bond acceptors (Lipinski definition) is 3. The molecule has 1 aliphatic heterocycles. The lowest BCUT2D eigenvalue weighted by Gasteiger charge is -2.14. The van der Waals surface area contributed by atoms with Crippen LogP contribution in [0.5, 0.6) is 0 Å². The summed E-state index contributed by atoms with van der Waals surface area (Å²) in [6, 6.07) is 12.4. The molecule has 5 heteroatoms. The van der Waals surface area contributed by atoms with Crippen molar-refractivity contribution in [3.63, 3.8) is 0 Å². The molecule has 2 heterocycles. The van der Waals surface area contributed by atoms with Gasteiger partial charge in [-0.05, 0) is 50.7 Å². The summed E-state index contributed by atoms with van der Waals surface area (Å²) >= 11 is 0. The summed E-state index contributed by atoms with van der Waals surface area (Å²) in [5.74, 6) is 0.788. The molecule has 0 aliphatic carbocycles. The van der Waals surface area contributed by atoms with Gasteiger partial charge in [-0.15, -0.1) is 12.4 Å². The highest BCUT2D eigenvalue weighted by atomic mass is 35.5. The lowest BCUT2D eigenvalue weighted by Crippen LogP contribution is -2.24. The van der Waals surface area contributed by atoms with Crippen LogP contribution in [0.2, 0.25) is 0 Å². The zero-order valence-corrected chi connectivity index (χ0v) is 13.2. The van der Waals surface area contributed by atoms with E-state index in [1.54, 1.807) is 0 Å². The van der Waals surface area contributed by atoms with Crippen LogP contribution < -0.4 is 5.32 Å².